The Kier molecular flexibility index (Phi) is 7.03. The third-order valence-electron chi connectivity index (χ3n) is 4.30. The summed E-state index contributed by atoms with van der Waals surface area (Å²) in [4.78, 5) is 20.1. The number of aromatic nitrogens is 1. The highest BCUT2D eigenvalue weighted by Crippen LogP contribution is 2.36. The van der Waals surface area contributed by atoms with Gasteiger partial charge >= 0.3 is 18.6 Å². The molecular formula is C20H18F6N4O2S. The lowest BCUT2D eigenvalue weighted by Crippen LogP contribution is -2.39. The van der Waals surface area contributed by atoms with Crippen LogP contribution in [0.4, 0.5) is 42.0 Å². The number of hydrogen-bond acceptors (Lipinski definition) is 5. The van der Waals surface area contributed by atoms with Crippen LogP contribution in [0.2, 0.25) is 0 Å². The van der Waals surface area contributed by atoms with Crippen LogP contribution in [0.15, 0.2) is 42.5 Å². The largest absolute Gasteiger partial charge is 0.573 e. The van der Waals surface area contributed by atoms with Gasteiger partial charge in [0, 0.05) is 19.2 Å². The number of para-hydroxylation sites is 1. The normalized spacial score (nSPS) is 12.3. The summed E-state index contributed by atoms with van der Waals surface area (Å²) in [7, 11) is 3.49. The Balaban J connectivity index is 1.93. The number of nitrogens with zero attached hydrogens (tertiary/aromatic N) is 3. The summed E-state index contributed by atoms with van der Waals surface area (Å²) in [5.74, 6) is -0.450. The van der Waals surface area contributed by atoms with Gasteiger partial charge in [-0.2, -0.15) is 13.2 Å². The average molecular weight is 492 g/mol. The van der Waals surface area contributed by atoms with E-state index >= 15 is 0 Å². The number of likely N-dealkylation sites (N-methyl/N-ethyl adjacent to an activating group) is 1. The van der Waals surface area contributed by atoms with Crippen LogP contribution >= 0.6 is 11.3 Å². The predicted molar refractivity (Wildman–Crippen MR) is 113 cm³/mol. The van der Waals surface area contributed by atoms with Crippen LogP contribution in [0, 0.1) is 0 Å². The summed E-state index contributed by atoms with van der Waals surface area (Å²) in [6.45, 7) is 0.422. The number of benzene rings is 2. The van der Waals surface area contributed by atoms with Crippen molar-refractivity contribution in [3.63, 3.8) is 0 Å². The summed E-state index contributed by atoms with van der Waals surface area (Å²) < 4.78 is 81.6. The van der Waals surface area contributed by atoms with Gasteiger partial charge in [-0.3, -0.25) is 4.90 Å². The molecular weight excluding hydrogens is 474 g/mol. The number of amides is 2. The van der Waals surface area contributed by atoms with Crippen molar-refractivity contribution in [2.75, 3.05) is 37.4 Å². The molecule has 0 aliphatic carbocycles. The number of nitrogens with one attached hydrogen (secondary N) is 1. The highest BCUT2D eigenvalue weighted by atomic mass is 32.1. The molecule has 0 unspecified atom stereocenters. The fraction of sp³-hybridized carbons (Fsp3) is 0.300. The quantitative estimate of drug-likeness (QED) is 0.441. The van der Waals surface area contributed by atoms with E-state index < -0.39 is 35.6 Å². The second-order valence-electron chi connectivity index (χ2n) is 7.10. The number of alkyl halides is 6. The van der Waals surface area contributed by atoms with E-state index in [1.807, 2.05) is 0 Å². The Morgan fingerprint density at radius 2 is 1.76 bits per heavy atom. The van der Waals surface area contributed by atoms with Crippen molar-refractivity contribution in [3.8, 4) is 5.75 Å². The van der Waals surface area contributed by atoms with Crippen LogP contribution in [-0.4, -0.2) is 49.5 Å². The molecule has 2 aromatic carbocycles. The number of carbonyl (C=O) groups excluding carboxylic acids is 1. The molecule has 0 atom stereocenters. The fourth-order valence-corrected chi connectivity index (χ4v) is 3.83. The van der Waals surface area contributed by atoms with Crippen molar-refractivity contribution in [2.24, 2.45) is 0 Å². The number of rotatable bonds is 6. The van der Waals surface area contributed by atoms with Gasteiger partial charge in [0.15, 0.2) is 5.13 Å². The zero-order chi connectivity index (χ0) is 24.4. The zero-order valence-electron chi connectivity index (χ0n) is 17.3. The lowest BCUT2D eigenvalue weighted by molar-refractivity contribution is -0.274. The number of carbonyl (C=O) groups is 1. The van der Waals surface area contributed by atoms with Gasteiger partial charge in [0.05, 0.1) is 21.5 Å². The summed E-state index contributed by atoms with van der Waals surface area (Å²) >= 11 is 0.912. The van der Waals surface area contributed by atoms with Crippen molar-refractivity contribution < 1.29 is 35.9 Å². The molecule has 0 bridgehead atoms. The number of hydrogen-bond donors (Lipinski definition) is 1. The Bertz CT molecular complexity index is 1130. The lowest BCUT2D eigenvalue weighted by Gasteiger charge is -2.23. The van der Waals surface area contributed by atoms with E-state index in [4.69, 9.17) is 0 Å². The first kappa shape index (κ1) is 24.6. The maximum absolute atomic E-state index is 13.3. The van der Waals surface area contributed by atoms with Crippen LogP contribution in [0.5, 0.6) is 5.75 Å². The number of halogens is 6. The molecule has 0 aliphatic heterocycles. The predicted octanol–water partition coefficient (Wildman–Crippen LogP) is 5.81. The second kappa shape index (κ2) is 9.43. The molecule has 13 heteroatoms. The number of anilines is 2. The first-order valence-corrected chi connectivity index (χ1v) is 10.2. The number of fused-ring (bicyclic) bond motifs is 1. The molecule has 1 aromatic heterocycles. The van der Waals surface area contributed by atoms with E-state index in [9.17, 15) is 31.1 Å². The fourth-order valence-electron chi connectivity index (χ4n) is 2.81. The number of thiazole rings is 1. The molecule has 3 aromatic rings. The van der Waals surface area contributed by atoms with Crippen molar-refractivity contribution in [1.82, 2.24) is 9.88 Å². The highest BCUT2D eigenvalue weighted by Gasteiger charge is 2.34. The third-order valence-corrected chi connectivity index (χ3v) is 5.34. The van der Waals surface area contributed by atoms with Crippen molar-refractivity contribution >= 4 is 38.4 Å². The maximum atomic E-state index is 13.3. The smallest absolute Gasteiger partial charge is 0.406 e. The SMILES string of the molecule is CN(C)CCN(C(=O)Nc1ccccc1C(F)(F)F)c1nc2ccc(OC(F)(F)F)cc2s1. The van der Waals surface area contributed by atoms with E-state index in [0.717, 1.165) is 40.5 Å². The third kappa shape index (κ3) is 6.48. The molecule has 0 radical (unpaired) electrons. The van der Waals surface area contributed by atoms with E-state index in [-0.39, 0.29) is 11.7 Å². The minimum Gasteiger partial charge on any atom is -0.406 e. The Morgan fingerprint density at radius 1 is 1.06 bits per heavy atom. The van der Waals surface area contributed by atoms with Crippen LogP contribution in [0.25, 0.3) is 10.2 Å². The Labute approximate surface area is 188 Å². The van der Waals surface area contributed by atoms with Gasteiger partial charge in [-0.1, -0.05) is 23.5 Å². The number of urea groups is 1. The minimum atomic E-state index is -4.87. The van der Waals surface area contributed by atoms with Crippen LogP contribution in [-0.2, 0) is 6.18 Å². The van der Waals surface area contributed by atoms with Gasteiger partial charge in [0.2, 0.25) is 0 Å². The van der Waals surface area contributed by atoms with Gasteiger partial charge in [-0.05, 0) is 38.4 Å². The van der Waals surface area contributed by atoms with Gasteiger partial charge < -0.3 is 15.0 Å². The molecule has 178 valence electrons. The van der Waals surface area contributed by atoms with E-state index in [0.29, 0.717) is 16.8 Å². The second-order valence-corrected chi connectivity index (χ2v) is 8.11. The molecule has 0 fully saturated rings. The van der Waals surface area contributed by atoms with E-state index in [1.54, 1.807) is 19.0 Å². The molecule has 1 N–H and O–H groups in total. The molecule has 33 heavy (non-hydrogen) atoms. The lowest BCUT2D eigenvalue weighted by atomic mass is 10.1. The van der Waals surface area contributed by atoms with Crippen molar-refractivity contribution in [1.29, 1.82) is 0 Å². The summed E-state index contributed by atoms with van der Waals surface area (Å²) in [6.07, 6.45) is -9.55. The van der Waals surface area contributed by atoms with Crippen LogP contribution < -0.4 is 15.0 Å². The molecule has 3 rings (SSSR count). The molecule has 0 saturated heterocycles. The summed E-state index contributed by atoms with van der Waals surface area (Å²) in [5, 5.41) is 2.38. The van der Waals surface area contributed by atoms with Gasteiger partial charge in [0.1, 0.15) is 5.75 Å². The van der Waals surface area contributed by atoms with Crippen molar-refractivity contribution in [2.45, 2.75) is 12.5 Å². The van der Waals surface area contributed by atoms with Gasteiger partial charge in [0.25, 0.3) is 0 Å². The Hall–Kier alpha value is -3.06. The monoisotopic (exact) mass is 492 g/mol. The molecule has 6 nitrogen and oxygen atoms in total. The van der Waals surface area contributed by atoms with Crippen LogP contribution in [0.1, 0.15) is 5.56 Å². The maximum Gasteiger partial charge on any atom is 0.573 e. The summed E-state index contributed by atoms with van der Waals surface area (Å²) in [5.41, 5.74) is -1.13. The van der Waals surface area contributed by atoms with Gasteiger partial charge in [-0.25, -0.2) is 9.78 Å². The highest BCUT2D eigenvalue weighted by molar-refractivity contribution is 7.22. The molecule has 0 aliphatic rings. The van der Waals surface area contributed by atoms with Crippen LogP contribution in [0.3, 0.4) is 0 Å². The standard InChI is InChI=1S/C20H18F6N4O2S/c1-29(2)9-10-30(17(31)27-14-6-4-3-5-13(14)19(21,22)23)18-28-15-8-7-12(11-16(15)33-18)32-20(24,25)26/h3-8,11H,9-10H2,1-2H3,(H,27,31). The topological polar surface area (TPSA) is 57.7 Å². The first-order valence-electron chi connectivity index (χ1n) is 9.39. The zero-order valence-corrected chi connectivity index (χ0v) is 18.1. The first-order chi connectivity index (χ1) is 15.3. The molecule has 2 amide bonds. The summed E-state index contributed by atoms with van der Waals surface area (Å²) in [6, 6.07) is 7.19. The average Bonchev–Trinajstić information content (AvgIpc) is 3.09. The van der Waals surface area contributed by atoms with Gasteiger partial charge in [-0.15, -0.1) is 13.2 Å². The Morgan fingerprint density at radius 3 is 2.39 bits per heavy atom. The van der Waals surface area contributed by atoms with Crippen molar-refractivity contribution in [3.05, 3.63) is 48.0 Å². The minimum absolute atomic E-state index is 0.0682. The van der Waals surface area contributed by atoms with E-state index in [1.165, 1.54) is 18.2 Å². The molecule has 1 heterocycles. The van der Waals surface area contributed by atoms with E-state index in [2.05, 4.69) is 15.0 Å². The molecule has 0 spiro atoms. The number of ether oxygens (including phenoxy) is 1. The molecule has 0 saturated carbocycles.